The lowest BCUT2D eigenvalue weighted by Gasteiger charge is -2.30. The monoisotopic (exact) mass is 419 g/mol. The van der Waals surface area contributed by atoms with Gasteiger partial charge >= 0.3 is 12.3 Å². The van der Waals surface area contributed by atoms with Crippen LogP contribution in [0.2, 0.25) is 0 Å². The zero-order valence-corrected chi connectivity index (χ0v) is 16.4. The van der Waals surface area contributed by atoms with Crippen LogP contribution in [0.25, 0.3) is 5.57 Å². The molecular weight excluding hydrogens is 395 g/mol. The number of benzene rings is 2. The van der Waals surface area contributed by atoms with Gasteiger partial charge in [-0.1, -0.05) is 54.6 Å². The molecule has 1 heterocycles. The number of hydrogen-bond acceptors (Lipinski definition) is 3. The fourth-order valence-electron chi connectivity index (χ4n) is 3.76. The number of aliphatic carboxylic acids is 1. The summed E-state index contributed by atoms with van der Waals surface area (Å²) >= 11 is 0. The van der Waals surface area contributed by atoms with Gasteiger partial charge in [0.15, 0.2) is 0 Å². The van der Waals surface area contributed by atoms with E-state index in [9.17, 15) is 23.1 Å². The minimum absolute atomic E-state index is 0.246. The summed E-state index contributed by atoms with van der Waals surface area (Å²) in [5.41, 5.74) is 1.81. The van der Waals surface area contributed by atoms with E-state index in [0.717, 1.165) is 18.5 Å². The van der Waals surface area contributed by atoms with Crippen molar-refractivity contribution < 1.29 is 27.8 Å². The first kappa shape index (κ1) is 21.9. The van der Waals surface area contributed by atoms with Crippen LogP contribution < -0.4 is 4.74 Å². The van der Waals surface area contributed by atoms with E-state index in [1.807, 2.05) is 36.4 Å². The van der Waals surface area contributed by atoms with Crippen molar-refractivity contribution in [3.8, 4) is 5.75 Å². The third kappa shape index (κ3) is 6.10. The molecule has 2 aromatic carbocycles. The normalized spacial score (nSPS) is 18.2. The molecule has 0 aliphatic carbocycles. The lowest BCUT2D eigenvalue weighted by atomic mass is 9.95. The van der Waals surface area contributed by atoms with Crippen molar-refractivity contribution in [2.24, 2.45) is 5.92 Å². The van der Waals surface area contributed by atoms with E-state index in [4.69, 9.17) is 0 Å². The van der Waals surface area contributed by atoms with Gasteiger partial charge < -0.3 is 14.7 Å². The number of rotatable bonds is 7. The zero-order chi connectivity index (χ0) is 21.6. The summed E-state index contributed by atoms with van der Waals surface area (Å²) in [6.45, 7) is 1.96. The van der Waals surface area contributed by atoms with E-state index in [1.54, 1.807) is 12.1 Å². The Kier molecular flexibility index (Phi) is 7.15. The fourth-order valence-corrected chi connectivity index (χ4v) is 3.76. The van der Waals surface area contributed by atoms with E-state index in [-0.39, 0.29) is 11.7 Å². The van der Waals surface area contributed by atoms with Crippen molar-refractivity contribution in [1.29, 1.82) is 0 Å². The molecule has 0 unspecified atom stereocenters. The number of nitrogens with zero attached hydrogens (tertiary/aromatic N) is 1. The maximum atomic E-state index is 12.9. The minimum Gasteiger partial charge on any atom is -0.481 e. The maximum Gasteiger partial charge on any atom is 0.573 e. The van der Waals surface area contributed by atoms with Gasteiger partial charge in [-0.05, 0) is 43.0 Å². The standard InChI is InChI=1S/C23H24F3NO3/c24-23(25,26)30-21-13-5-4-11-20(21)19(17-8-2-1-3-9-17)12-7-15-27-14-6-10-18(16-27)22(28)29/h1-5,8-9,11-13,18H,6-7,10,14-16H2,(H,28,29)/b19-12-/t18-/m1/s1. The van der Waals surface area contributed by atoms with Crippen LogP contribution in [0, 0.1) is 5.92 Å². The summed E-state index contributed by atoms with van der Waals surface area (Å²) in [7, 11) is 0. The molecule has 0 bridgehead atoms. The molecule has 30 heavy (non-hydrogen) atoms. The summed E-state index contributed by atoms with van der Waals surface area (Å²) < 4.78 is 42.9. The molecule has 3 rings (SSSR count). The van der Waals surface area contributed by atoms with Gasteiger partial charge in [0.05, 0.1) is 5.92 Å². The Labute approximate surface area is 173 Å². The molecule has 1 saturated heterocycles. The van der Waals surface area contributed by atoms with Crippen LogP contribution in [-0.4, -0.2) is 42.0 Å². The largest absolute Gasteiger partial charge is 0.573 e. The molecule has 2 aromatic rings. The summed E-state index contributed by atoms with van der Waals surface area (Å²) in [6, 6.07) is 15.3. The van der Waals surface area contributed by atoms with Crippen LogP contribution in [-0.2, 0) is 4.79 Å². The van der Waals surface area contributed by atoms with Gasteiger partial charge in [0.2, 0.25) is 0 Å². The van der Waals surface area contributed by atoms with Crippen molar-refractivity contribution in [3.63, 3.8) is 0 Å². The molecule has 0 spiro atoms. The molecule has 1 atom stereocenters. The fraction of sp³-hybridized carbons (Fsp3) is 0.348. The van der Waals surface area contributed by atoms with Crippen LogP contribution in [0.15, 0.2) is 60.7 Å². The number of carboxylic acids is 1. The average Bonchev–Trinajstić information content (AvgIpc) is 2.72. The van der Waals surface area contributed by atoms with Gasteiger partial charge in [0.1, 0.15) is 5.75 Å². The van der Waals surface area contributed by atoms with Crippen molar-refractivity contribution >= 4 is 11.5 Å². The molecule has 1 fully saturated rings. The third-order valence-electron chi connectivity index (χ3n) is 5.14. The number of carboxylic acid groups (broad SMARTS) is 1. The van der Waals surface area contributed by atoms with Crippen molar-refractivity contribution in [1.82, 2.24) is 4.90 Å². The second-order valence-electron chi connectivity index (χ2n) is 7.29. The molecule has 1 aliphatic rings. The highest BCUT2D eigenvalue weighted by Crippen LogP contribution is 2.34. The predicted molar refractivity (Wildman–Crippen MR) is 108 cm³/mol. The third-order valence-corrected chi connectivity index (χ3v) is 5.14. The van der Waals surface area contributed by atoms with Gasteiger partial charge in [0.25, 0.3) is 0 Å². The Morgan fingerprint density at radius 2 is 1.83 bits per heavy atom. The topological polar surface area (TPSA) is 49.8 Å². The predicted octanol–water partition coefficient (Wildman–Crippen LogP) is 5.20. The number of likely N-dealkylation sites (tertiary alicyclic amines) is 1. The van der Waals surface area contributed by atoms with Crippen molar-refractivity contribution in [2.45, 2.75) is 25.6 Å². The average molecular weight is 419 g/mol. The molecule has 1 N–H and O–H groups in total. The summed E-state index contributed by atoms with van der Waals surface area (Å²) in [6.07, 6.45) is -0.791. The minimum atomic E-state index is -4.78. The van der Waals surface area contributed by atoms with Crippen LogP contribution >= 0.6 is 0 Å². The molecule has 0 aromatic heterocycles. The SMILES string of the molecule is O=C(O)[C@@H]1CCCN(CC/C=C(/c2ccccc2)c2ccccc2OC(F)(F)F)C1. The van der Waals surface area contributed by atoms with Gasteiger partial charge in [0, 0.05) is 18.7 Å². The maximum absolute atomic E-state index is 12.9. The van der Waals surface area contributed by atoms with E-state index in [1.165, 1.54) is 12.1 Å². The quantitative estimate of drug-likeness (QED) is 0.670. The lowest BCUT2D eigenvalue weighted by molar-refractivity contribution is -0.274. The molecule has 0 saturated carbocycles. The zero-order valence-electron chi connectivity index (χ0n) is 16.4. The number of halogens is 3. The first-order chi connectivity index (χ1) is 14.3. The second kappa shape index (κ2) is 9.80. The highest BCUT2D eigenvalue weighted by Gasteiger charge is 2.32. The lowest BCUT2D eigenvalue weighted by Crippen LogP contribution is -2.39. The van der Waals surface area contributed by atoms with E-state index < -0.39 is 12.3 Å². The van der Waals surface area contributed by atoms with Crippen LogP contribution in [0.1, 0.15) is 30.4 Å². The Balaban J connectivity index is 1.83. The molecule has 160 valence electrons. The van der Waals surface area contributed by atoms with Crippen molar-refractivity contribution in [3.05, 3.63) is 71.8 Å². The van der Waals surface area contributed by atoms with Gasteiger partial charge in [-0.15, -0.1) is 13.2 Å². The number of hydrogen-bond donors (Lipinski definition) is 1. The number of alkyl halides is 3. The number of carbonyl (C=O) groups is 1. The van der Waals surface area contributed by atoms with Crippen molar-refractivity contribution in [2.75, 3.05) is 19.6 Å². The van der Waals surface area contributed by atoms with E-state index >= 15 is 0 Å². The summed E-state index contributed by atoms with van der Waals surface area (Å²) in [4.78, 5) is 13.4. The Morgan fingerprint density at radius 3 is 2.53 bits per heavy atom. The molecule has 4 nitrogen and oxygen atoms in total. The number of ether oxygens (including phenoxy) is 1. The van der Waals surface area contributed by atoms with Gasteiger partial charge in [-0.3, -0.25) is 4.79 Å². The molecule has 7 heteroatoms. The Bertz CT molecular complexity index is 881. The highest BCUT2D eigenvalue weighted by atomic mass is 19.4. The Morgan fingerprint density at radius 1 is 1.13 bits per heavy atom. The van der Waals surface area contributed by atoms with Crippen LogP contribution in [0.3, 0.4) is 0 Å². The molecule has 0 amide bonds. The summed E-state index contributed by atoms with van der Waals surface area (Å²) in [5, 5.41) is 9.25. The highest BCUT2D eigenvalue weighted by molar-refractivity contribution is 5.82. The molecular formula is C23H24F3NO3. The smallest absolute Gasteiger partial charge is 0.481 e. The van der Waals surface area contributed by atoms with Gasteiger partial charge in [-0.2, -0.15) is 0 Å². The van der Waals surface area contributed by atoms with E-state index in [0.29, 0.717) is 37.1 Å². The number of piperidine rings is 1. The second-order valence-corrected chi connectivity index (χ2v) is 7.29. The van der Waals surface area contributed by atoms with E-state index in [2.05, 4.69) is 9.64 Å². The summed E-state index contributed by atoms with van der Waals surface area (Å²) in [5.74, 6) is -1.39. The molecule has 0 radical (unpaired) electrons. The molecule has 1 aliphatic heterocycles. The first-order valence-corrected chi connectivity index (χ1v) is 9.89. The van der Waals surface area contributed by atoms with Gasteiger partial charge in [-0.25, -0.2) is 0 Å². The van der Waals surface area contributed by atoms with Crippen LogP contribution in [0.5, 0.6) is 5.75 Å². The first-order valence-electron chi connectivity index (χ1n) is 9.89. The van der Waals surface area contributed by atoms with Crippen LogP contribution in [0.4, 0.5) is 13.2 Å². The Hall–Kier alpha value is -2.80. The number of para-hydroxylation sites is 1.